The number of carbonyl (C=O) groups excluding carboxylic acids is 2. The summed E-state index contributed by atoms with van der Waals surface area (Å²) in [7, 11) is 0. The first-order valence-electron chi connectivity index (χ1n) is 8.05. The van der Waals surface area contributed by atoms with Gasteiger partial charge < -0.3 is 14.9 Å². The molecular formula is C17H28O5. The molecule has 5 nitrogen and oxygen atoms in total. The van der Waals surface area contributed by atoms with Crippen LogP contribution in [0.25, 0.3) is 0 Å². The second kappa shape index (κ2) is 5.31. The molecule has 5 atom stereocenters. The molecule has 2 aliphatic carbocycles. The van der Waals surface area contributed by atoms with Gasteiger partial charge in [0.15, 0.2) is 0 Å². The van der Waals surface area contributed by atoms with Crippen LogP contribution in [0.2, 0.25) is 0 Å². The first kappa shape index (κ1) is 17.4. The van der Waals surface area contributed by atoms with Gasteiger partial charge in [-0.2, -0.15) is 0 Å². The number of rotatable bonds is 2. The monoisotopic (exact) mass is 312 g/mol. The maximum atomic E-state index is 12.5. The largest absolute Gasteiger partial charge is 0.462 e. The summed E-state index contributed by atoms with van der Waals surface area (Å²) in [4.78, 5) is 24.1. The van der Waals surface area contributed by atoms with Gasteiger partial charge in [0.05, 0.1) is 11.2 Å². The molecule has 0 aromatic carbocycles. The summed E-state index contributed by atoms with van der Waals surface area (Å²) in [5.74, 6) is -1.12. The fourth-order valence-corrected chi connectivity index (χ4v) is 4.63. The lowest BCUT2D eigenvalue weighted by molar-refractivity contribution is -0.215. The van der Waals surface area contributed by atoms with Crippen molar-refractivity contribution in [3.8, 4) is 0 Å². The molecule has 2 aliphatic rings. The third-order valence-corrected chi connectivity index (χ3v) is 5.76. The molecule has 2 saturated carbocycles. The van der Waals surface area contributed by atoms with E-state index in [1.165, 1.54) is 6.92 Å². The van der Waals surface area contributed by atoms with Gasteiger partial charge >= 0.3 is 5.97 Å². The molecule has 2 fully saturated rings. The SMILES string of the molecule is CC(=O)O[C@H]1C2[C@@](C)(CC[C@H]1C(C)(C)O)C(=O)CC[C@@]2(C)O. The van der Waals surface area contributed by atoms with Gasteiger partial charge in [0.25, 0.3) is 0 Å². The molecule has 0 saturated heterocycles. The lowest BCUT2D eigenvalue weighted by Crippen LogP contribution is -2.64. The number of ether oxygens (including phenoxy) is 1. The van der Waals surface area contributed by atoms with Crippen LogP contribution in [0.1, 0.15) is 60.3 Å². The van der Waals surface area contributed by atoms with Crippen molar-refractivity contribution in [3.63, 3.8) is 0 Å². The quantitative estimate of drug-likeness (QED) is 0.760. The Morgan fingerprint density at radius 3 is 2.41 bits per heavy atom. The summed E-state index contributed by atoms with van der Waals surface area (Å²) in [6.45, 7) is 8.29. The van der Waals surface area contributed by atoms with Gasteiger partial charge in [0.2, 0.25) is 0 Å². The highest BCUT2D eigenvalue weighted by atomic mass is 16.5. The molecule has 0 bridgehead atoms. The summed E-state index contributed by atoms with van der Waals surface area (Å²) in [5.41, 5.74) is -2.84. The molecule has 2 rings (SSSR count). The van der Waals surface area contributed by atoms with Crippen LogP contribution in [-0.4, -0.2) is 39.3 Å². The van der Waals surface area contributed by atoms with E-state index in [1.54, 1.807) is 20.8 Å². The maximum Gasteiger partial charge on any atom is 0.302 e. The molecule has 22 heavy (non-hydrogen) atoms. The summed E-state index contributed by atoms with van der Waals surface area (Å²) in [6, 6.07) is 0. The Morgan fingerprint density at radius 2 is 1.91 bits per heavy atom. The van der Waals surface area contributed by atoms with Crippen LogP contribution < -0.4 is 0 Å². The van der Waals surface area contributed by atoms with Crippen molar-refractivity contribution in [2.75, 3.05) is 0 Å². The predicted molar refractivity (Wildman–Crippen MR) is 81.0 cm³/mol. The Kier molecular flexibility index (Phi) is 4.20. The van der Waals surface area contributed by atoms with E-state index in [9.17, 15) is 19.8 Å². The molecule has 0 aromatic heterocycles. The molecule has 1 unspecified atom stereocenters. The number of Topliss-reactive ketones (excluding diaryl/α,β-unsaturated/α-hetero) is 1. The Morgan fingerprint density at radius 1 is 1.32 bits per heavy atom. The highest BCUT2D eigenvalue weighted by Crippen LogP contribution is 2.56. The summed E-state index contributed by atoms with van der Waals surface area (Å²) >= 11 is 0. The molecule has 0 amide bonds. The molecule has 0 spiro atoms. The van der Waals surface area contributed by atoms with Crippen LogP contribution in [0, 0.1) is 17.3 Å². The molecule has 5 heteroatoms. The molecule has 0 radical (unpaired) electrons. The van der Waals surface area contributed by atoms with E-state index in [2.05, 4.69) is 0 Å². The summed E-state index contributed by atoms with van der Waals surface area (Å²) < 4.78 is 5.54. The van der Waals surface area contributed by atoms with E-state index in [1.807, 2.05) is 6.92 Å². The van der Waals surface area contributed by atoms with Gasteiger partial charge in [-0.1, -0.05) is 6.92 Å². The second-order valence-corrected chi connectivity index (χ2v) is 8.05. The first-order chi connectivity index (χ1) is 9.89. The van der Waals surface area contributed by atoms with Crippen LogP contribution in [-0.2, 0) is 14.3 Å². The van der Waals surface area contributed by atoms with Crippen LogP contribution in [0.15, 0.2) is 0 Å². The van der Waals surface area contributed by atoms with Crippen molar-refractivity contribution in [1.29, 1.82) is 0 Å². The van der Waals surface area contributed by atoms with E-state index in [4.69, 9.17) is 4.74 Å². The van der Waals surface area contributed by atoms with Crippen molar-refractivity contribution in [2.45, 2.75) is 77.6 Å². The first-order valence-corrected chi connectivity index (χ1v) is 8.05. The molecule has 2 N–H and O–H groups in total. The van der Waals surface area contributed by atoms with Gasteiger partial charge in [-0.15, -0.1) is 0 Å². The topological polar surface area (TPSA) is 83.8 Å². The number of fused-ring (bicyclic) bond motifs is 1. The normalized spacial score (nSPS) is 42.7. The minimum absolute atomic E-state index is 0.121. The lowest BCUT2D eigenvalue weighted by Gasteiger charge is -2.57. The van der Waals surface area contributed by atoms with Gasteiger partial charge in [-0.3, -0.25) is 9.59 Å². The van der Waals surface area contributed by atoms with Crippen molar-refractivity contribution < 1.29 is 24.5 Å². The van der Waals surface area contributed by atoms with E-state index >= 15 is 0 Å². The number of aliphatic hydroxyl groups is 2. The predicted octanol–water partition coefficient (Wildman–Crippen LogP) is 1.84. The smallest absolute Gasteiger partial charge is 0.302 e. The van der Waals surface area contributed by atoms with Gasteiger partial charge in [0.1, 0.15) is 11.9 Å². The minimum atomic E-state index is -1.09. The average Bonchev–Trinajstić information content (AvgIpc) is 2.32. The Bertz CT molecular complexity index is 476. The zero-order chi connectivity index (χ0) is 16.9. The van der Waals surface area contributed by atoms with Gasteiger partial charge in [0, 0.05) is 30.6 Å². The number of carbonyl (C=O) groups is 2. The van der Waals surface area contributed by atoms with E-state index < -0.39 is 34.6 Å². The highest BCUT2D eigenvalue weighted by molar-refractivity contribution is 5.86. The molecule has 0 aliphatic heterocycles. The van der Waals surface area contributed by atoms with Crippen LogP contribution >= 0.6 is 0 Å². The number of hydrogen-bond donors (Lipinski definition) is 2. The minimum Gasteiger partial charge on any atom is -0.462 e. The molecular weight excluding hydrogens is 284 g/mol. The number of ketones is 1. The van der Waals surface area contributed by atoms with Crippen molar-refractivity contribution in [2.24, 2.45) is 17.3 Å². The highest BCUT2D eigenvalue weighted by Gasteiger charge is 2.62. The molecule has 126 valence electrons. The van der Waals surface area contributed by atoms with Crippen molar-refractivity contribution >= 4 is 11.8 Å². The third kappa shape index (κ3) is 2.81. The van der Waals surface area contributed by atoms with Crippen molar-refractivity contribution in [3.05, 3.63) is 0 Å². The lowest BCUT2D eigenvalue weighted by atomic mass is 9.50. The van der Waals surface area contributed by atoms with Crippen molar-refractivity contribution in [1.82, 2.24) is 0 Å². The average molecular weight is 312 g/mol. The number of hydrogen-bond acceptors (Lipinski definition) is 5. The maximum absolute atomic E-state index is 12.5. The Balaban J connectivity index is 2.50. The number of esters is 1. The molecule has 0 heterocycles. The summed E-state index contributed by atoms with van der Waals surface area (Å²) in [6.07, 6.45) is 1.24. The second-order valence-electron chi connectivity index (χ2n) is 8.05. The fourth-order valence-electron chi connectivity index (χ4n) is 4.63. The van der Waals surface area contributed by atoms with Crippen LogP contribution in [0.5, 0.6) is 0 Å². The zero-order valence-corrected chi connectivity index (χ0v) is 14.2. The van der Waals surface area contributed by atoms with Crippen LogP contribution in [0.3, 0.4) is 0 Å². The van der Waals surface area contributed by atoms with E-state index in [0.717, 1.165) is 0 Å². The zero-order valence-electron chi connectivity index (χ0n) is 14.2. The Hall–Kier alpha value is -0.940. The standard InChI is InChI=1S/C17H28O5/c1-10(18)22-13-11(15(2,3)20)6-8-16(4)12(19)7-9-17(5,21)14(13)16/h11,13-14,20-21H,6-9H2,1-5H3/t11-,13-,14?,16+,17-/m1/s1. The van der Waals surface area contributed by atoms with Gasteiger partial charge in [-0.25, -0.2) is 0 Å². The fraction of sp³-hybridized carbons (Fsp3) is 0.882. The van der Waals surface area contributed by atoms with Gasteiger partial charge in [-0.05, 0) is 40.0 Å². The molecule has 0 aromatic rings. The van der Waals surface area contributed by atoms with Crippen LogP contribution in [0.4, 0.5) is 0 Å². The summed E-state index contributed by atoms with van der Waals surface area (Å²) in [5, 5.41) is 21.4. The third-order valence-electron chi connectivity index (χ3n) is 5.76. The Labute approximate surface area is 132 Å². The van der Waals surface area contributed by atoms with E-state index in [0.29, 0.717) is 25.7 Å². The van der Waals surface area contributed by atoms with E-state index in [-0.39, 0.29) is 11.7 Å².